The lowest BCUT2D eigenvalue weighted by Gasteiger charge is -2.34. The highest BCUT2D eigenvalue weighted by atomic mass is 32.2. The molecule has 0 spiro atoms. The van der Waals surface area contributed by atoms with E-state index < -0.39 is 15.8 Å². The zero-order chi connectivity index (χ0) is 18.5. The Morgan fingerprint density at radius 3 is 2.50 bits per heavy atom. The minimum Gasteiger partial charge on any atom is -0.408 e. The second-order valence-electron chi connectivity index (χ2n) is 6.75. The Hall–Kier alpha value is -2.13. The lowest BCUT2D eigenvalue weighted by molar-refractivity contribution is -0.133. The number of sulfonamides is 1. The molecular formula is C17H21N3O5S. The van der Waals surface area contributed by atoms with Crippen LogP contribution in [0, 0.1) is 5.92 Å². The number of hydrogen-bond donors (Lipinski definition) is 0. The molecule has 0 atom stereocenters. The molecule has 2 heterocycles. The van der Waals surface area contributed by atoms with E-state index in [4.69, 9.17) is 4.42 Å². The Bertz CT molecular complexity index is 1010. The number of benzene rings is 1. The van der Waals surface area contributed by atoms with Crippen LogP contribution in [0.1, 0.15) is 19.8 Å². The van der Waals surface area contributed by atoms with Gasteiger partial charge in [0, 0.05) is 44.7 Å². The Balaban J connectivity index is 1.56. The maximum Gasteiger partial charge on any atom is 0.419 e. The Morgan fingerprint density at radius 1 is 1.19 bits per heavy atom. The van der Waals surface area contributed by atoms with Gasteiger partial charge in [-0.3, -0.25) is 9.36 Å². The molecule has 1 amide bonds. The number of piperazine rings is 1. The number of carbonyl (C=O) groups excluding carboxylic acids is 1. The molecule has 1 aromatic heterocycles. The molecule has 1 saturated carbocycles. The van der Waals surface area contributed by atoms with Crippen LogP contribution in [-0.2, 0) is 21.4 Å². The van der Waals surface area contributed by atoms with E-state index >= 15 is 0 Å². The van der Waals surface area contributed by atoms with Crippen LogP contribution in [0.3, 0.4) is 0 Å². The minimum atomic E-state index is -3.69. The van der Waals surface area contributed by atoms with Crippen molar-refractivity contribution in [3.05, 3.63) is 28.7 Å². The van der Waals surface area contributed by atoms with E-state index in [1.165, 1.54) is 21.0 Å². The highest BCUT2D eigenvalue weighted by molar-refractivity contribution is 7.89. The zero-order valence-electron chi connectivity index (χ0n) is 14.6. The molecule has 0 unspecified atom stereocenters. The maximum atomic E-state index is 12.9. The number of oxazole rings is 1. The SMILES string of the molecule is CCn1c(=O)oc2cc(S(=O)(=O)N3CCN(C(=O)C4CC4)CC3)ccc21. The monoisotopic (exact) mass is 379 g/mol. The third-order valence-electron chi connectivity index (χ3n) is 5.07. The van der Waals surface area contributed by atoms with Crippen molar-refractivity contribution in [2.45, 2.75) is 31.2 Å². The van der Waals surface area contributed by atoms with Gasteiger partial charge in [-0.25, -0.2) is 13.2 Å². The van der Waals surface area contributed by atoms with Crippen LogP contribution in [-0.4, -0.2) is 54.3 Å². The second-order valence-corrected chi connectivity index (χ2v) is 8.68. The number of rotatable bonds is 4. The number of amides is 1. The van der Waals surface area contributed by atoms with Crippen LogP contribution in [0.2, 0.25) is 0 Å². The largest absolute Gasteiger partial charge is 0.419 e. The van der Waals surface area contributed by atoms with Crippen molar-refractivity contribution in [3.63, 3.8) is 0 Å². The third kappa shape index (κ3) is 2.84. The molecule has 8 nitrogen and oxygen atoms in total. The first kappa shape index (κ1) is 17.3. The predicted molar refractivity (Wildman–Crippen MR) is 94.2 cm³/mol. The normalized spacial score (nSPS) is 19.2. The molecule has 0 radical (unpaired) electrons. The summed E-state index contributed by atoms with van der Waals surface area (Å²) in [6, 6.07) is 4.50. The molecule has 1 aromatic carbocycles. The zero-order valence-corrected chi connectivity index (χ0v) is 15.4. The van der Waals surface area contributed by atoms with Crippen molar-refractivity contribution in [1.82, 2.24) is 13.8 Å². The number of fused-ring (bicyclic) bond motifs is 1. The Labute approximate surface area is 151 Å². The van der Waals surface area contributed by atoms with E-state index in [0.717, 1.165) is 12.8 Å². The summed E-state index contributed by atoms with van der Waals surface area (Å²) in [6.07, 6.45) is 1.89. The van der Waals surface area contributed by atoms with E-state index in [2.05, 4.69) is 0 Å². The van der Waals surface area contributed by atoms with E-state index in [9.17, 15) is 18.0 Å². The van der Waals surface area contributed by atoms with Crippen molar-refractivity contribution in [2.75, 3.05) is 26.2 Å². The highest BCUT2D eigenvalue weighted by Crippen LogP contribution is 2.31. The van der Waals surface area contributed by atoms with Gasteiger partial charge in [0.2, 0.25) is 15.9 Å². The molecule has 1 aliphatic carbocycles. The van der Waals surface area contributed by atoms with Crippen molar-refractivity contribution in [3.8, 4) is 0 Å². The fourth-order valence-electron chi connectivity index (χ4n) is 3.39. The first-order valence-electron chi connectivity index (χ1n) is 8.84. The topological polar surface area (TPSA) is 92.8 Å². The molecule has 0 N–H and O–H groups in total. The number of aromatic nitrogens is 1. The first-order chi connectivity index (χ1) is 12.4. The van der Waals surface area contributed by atoms with E-state index in [-0.39, 0.29) is 35.4 Å². The van der Waals surface area contributed by atoms with E-state index in [1.807, 2.05) is 6.92 Å². The van der Waals surface area contributed by atoms with Gasteiger partial charge in [-0.2, -0.15) is 4.31 Å². The van der Waals surface area contributed by atoms with Gasteiger partial charge in [0.15, 0.2) is 5.58 Å². The Kier molecular flexibility index (Phi) is 4.15. The predicted octanol–water partition coefficient (Wildman–Crippen LogP) is 0.857. The molecule has 2 aliphatic rings. The van der Waals surface area contributed by atoms with Crippen LogP contribution in [0.15, 0.2) is 32.3 Å². The lowest BCUT2D eigenvalue weighted by atomic mass is 10.3. The summed E-state index contributed by atoms with van der Waals surface area (Å²) in [5.74, 6) is -0.207. The number of hydrogen-bond acceptors (Lipinski definition) is 5. The average molecular weight is 379 g/mol. The van der Waals surface area contributed by atoms with Gasteiger partial charge in [-0.05, 0) is 31.9 Å². The van der Waals surface area contributed by atoms with Gasteiger partial charge >= 0.3 is 5.76 Å². The molecular weight excluding hydrogens is 358 g/mol. The third-order valence-corrected chi connectivity index (χ3v) is 6.97. The average Bonchev–Trinajstić information content (AvgIpc) is 3.43. The molecule has 1 aliphatic heterocycles. The number of aryl methyl sites for hydroxylation is 1. The van der Waals surface area contributed by atoms with Crippen molar-refractivity contribution < 1.29 is 17.6 Å². The van der Waals surface area contributed by atoms with Gasteiger partial charge in [0.1, 0.15) is 0 Å². The van der Waals surface area contributed by atoms with Crippen molar-refractivity contribution in [1.29, 1.82) is 0 Å². The van der Waals surface area contributed by atoms with Crippen molar-refractivity contribution >= 4 is 27.0 Å². The summed E-state index contributed by atoms with van der Waals surface area (Å²) in [5, 5.41) is 0. The Morgan fingerprint density at radius 2 is 1.88 bits per heavy atom. The summed E-state index contributed by atoms with van der Waals surface area (Å²) >= 11 is 0. The van der Waals surface area contributed by atoms with Gasteiger partial charge < -0.3 is 9.32 Å². The number of nitrogens with zero attached hydrogens (tertiary/aromatic N) is 3. The lowest BCUT2D eigenvalue weighted by Crippen LogP contribution is -2.50. The van der Waals surface area contributed by atoms with Crippen LogP contribution in [0.25, 0.3) is 11.1 Å². The second kappa shape index (κ2) is 6.24. The fraction of sp³-hybridized carbons (Fsp3) is 0.529. The molecule has 140 valence electrons. The first-order valence-corrected chi connectivity index (χ1v) is 10.3. The summed E-state index contributed by atoms with van der Waals surface area (Å²) in [7, 11) is -3.69. The molecule has 9 heteroatoms. The van der Waals surface area contributed by atoms with Gasteiger partial charge in [0.05, 0.1) is 10.4 Å². The molecule has 26 heavy (non-hydrogen) atoms. The van der Waals surface area contributed by atoms with Crippen LogP contribution in [0.4, 0.5) is 0 Å². The molecule has 2 aromatic rings. The van der Waals surface area contributed by atoms with Crippen LogP contribution < -0.4 is 5.76 Å². The van der Waals surface area contributed by atoms with Crippen molar-refractivity contribution in [2.24, 2.45) is 5.92 Å². The summed E-state index contributed by atoms with van der Waals surface area (Å²) in [5.41, 5.74) is 0.844. The van der Waals surface area contributed by atoms with Gasteiger partial charge in [-0.15, -0.1) is 0 Å². The van der Waals surface area contributed by atoms with Gasteiger partial charge in [0.25, 0.3) is 0 Å². The minimum absolute atomic E-state index is 0.101. The van der Waals surface area contributed by atoms with Crippen LogP contribution >= 0.6 is 0 Å². The fourth-order valence-corrected chi connectivity index (χ4v) is 4.83. The van der Waals surface area contributed by atoms with E-state index in [1.54, 1.807) is 11.0 Å². The van der Waals surface area contributed by atoms with E-state index in [0.29, 0.717) is 25.2 Å². The van der Waals surface area contributed by atoms with Crippen LogP contribution in [0.5, 0.6) is 0 Å². The summed E-state index contributed by atoms with van der Waals surface area (Å²) in [6.45, 7) is 3.66. The standard InChI is InChI=1S/C17H21N3O5S/c1-2-20-14-6-5-13(11-15(14)25-17(20)22)26(23,24)19-9-7-18(8-10-19)16(21)12-3-4-12/h5-6,11-12H,2-4,7-10H2,1H3. The highest BCUT2D eigenvalue weighted by Gasteiger charge is 2.36. The summed E-state index contributed by atoms with van der Waals surface area (Å²) < 4.78 is 33.8. The number of carbonyl (C=O) groups is 1. The molecule has 0 bridgehead atoms. The molecule has 4 rings (SSSR count). The smallest absolute Gasteiger partial charge is 0.408 e. The maximum absolute atomic E-state index is 12.9. The molecule has 1 saturated heterocycles. The molecule has 2 fully saturated rings. The quantitative estimate of drug-likeness (QED) is 0.785. The summed E-state index contributed by atoms with van der Waals surface area (Å²) in [4.78, 5) is 25.8. The van der Waals surface area contributed by atoms with Gasteiger partial charge in [-0.1, -0.05) is 0 Å².